The summed E-state index contributed by atoms with van der Waals surface area (Å²) < 4.78 is 14.0. The van der Waals surface area contributed by atoms with E-state index in [2.05, 4.69) is 5.32 Å². The molecule has 2 aromatic rings. The number of nitrogens with one attached hydrogen (secondary N) is 1. The zero-order chi connectivity index (χ0) is 14.7. The number of carbonyl (C=O) groups excluding carboxylic acids is 1. The van der Waals surface area contributed by atoms with Gasteiger partial charge in [0, 0.05) is 23.7 Å². The molecule has 0 unspecified atom stereocenters. The van der Waals surface area contributed by atoms with E-state index in [0.29, 0.717) is 17.7 Å². The molecule has 0 saturated carbocycles. The van der Waals surface area contributed by atoms with E-state index in [-0.39, 0.29) is 22.2 Å². The Morgan fingerprint density at radius 1 is 1.30 bits per heavy atom. The molecule has 2 rings (SSSR count). The van der Waals surface area contributed by atoms with Gasteiger partial charge in [0.2, 0.25) is 0 Å². The fraction of sp³-hybridized carbons (Fsp3) is 0.133. The average molecular weight is 294 g/mol. The molecular weight excluding hydrogens is 281 g/mol. The Bertz CT molecular complexity index is 658. The van der Waals surface area contributed by atoms with Crippen molar-refractivity contribution in [3.8, 4) is 16.9 Å². The van der Waals surface area contributed by atoms with Crippen LogP contribution in [0.2, 0.25) is 5.02 Å². The van der Waals surface area contributed by atoms with E-state index in [1.54, 1.807) is 31.2 Å². The molecule has 0 heterocycles. The number of hydrogen-bond donors (Lipinski definition) is 2. The standard InChI is InChI=1S/C15H13ClFNO2/c1-2-18-15(20)10-6-4-3-5-9(10)11-7-12(16)14(19)8-13(11)17/h3-8,19H,2H2,1H3,(H,18,20). The lowest BCUT2D eigenvalue weighted by molar-refractivity contribution is 0.0956. The number of amides is 1. The third-order valence-electron chi connectivity index (χ3n) is 2.84. The highest BCUT2D eigenvalue weighted by Crippen LogP contribution is 2.33. The predicted molar refractivity (Wildman–Crippen MR) is 76.5 cm³/mol. The van der Waals surface area contributed by atoms with Crippen molar-refractivity contribution in [2.45, 2.75) is 6.92 Å². The molecule has 3 nitrogen and oxygen atoms in total. The highest BCUT2D eigenvalue weighted by Gasteiger charge is 2.16. The molecule has 0 aliphatic heterocycles. The molecule has 2 N–H and O–H groups in total. The van der Waals surface area contributed by atoms with E-state index < -0.39 is 5.82 Å². The lowest BCUT2D eigenvalue weighted by atomic mass is 9.98. The van der Waals surface area contributed by atoms with Gasteiger partial charge in [-0.3, -0.25) is 4.79 Å². The molecule has 0 fully saturated rings. The molecule has 0 radical (unpaired) electrons. The minimum atomic E-state index is -0.636. The molecule has 0 spiro atoms. The minimum absolute atomic E-state index is 0.0344. The summed E-state index contributed by atoms with van der Waals surface area (Å²) in [5.41, 5.74) is 0.961. The maximum Gasteiger partial charge on any atom is 0.251 e. The number of phenols is 1. The Morgan fingerprint density at radius 2 is 2.00 bits per heavy atom. The van der Waals surface area contributed by atoms with Crippen LogP contribution in [-0.2, 0) is 0 Å². The van der Waals surface area contributed by atoms with Crippen LogP contribution in [0.5, 0.6) is 5.75 Å². The summed E-state index contributed by atoms with van der Waals surface area (Å²) in [6.07, 6.45) is 0. The van der Waals surface area contributed by atoms with Crippen LogP contribution in [0, 0.1) is 5.82 Å². The monoisotopic (exact) mass is 293 g/mol. The molecule has 0 aliphatic carbocycles. The Labute approximate surface area is 121 Å². The van der Waals surface area contributed by atoms with Gasteiger partial charge in [0.25, 0.3) is 5.91 Å². The predicted octanol–water partition coefficient (Wildman–Crippen LogP) is 3.60. The van der Waals surface area contributed by atoms with Gasteiger partial charge in [-0.15, -0.1) is 0 Å². The molecule has 1 amide bonds. The summed E-state index contributed by atoms with van der Waals surface area (Å²) >= 11 is 5.81. The first-order chi connectivity index (χ1) is 9.54. The normalized spacial score (nSPS) is 10.3. The van der Waals surface area contributed by atoms with Gasteiger partial charge < -0.3 is 10.4 Å². The van der Waals surface area contributed by atoms with Gasteiger partial charge in [-0.05, 0) is 24.6 Å². The second kappa shape index (κ2) is 5.92. The number of phenolic OH excluding ortho intramolecular Hbond substituents is 1. The van der Waals surface area contributed by atoms with Crippen LogP contribution in [-0.4, -0.2) is 17.6 Å². The van der Waals surface area contributed by atoms with Crippen molar-refractivity contribution in [1.29, 1.82) is 0 Å². The van der Waals surface area contributed by atoms with Gasteiger partial charge in [-0.25, -0.2) is 4.39 Å². The fourth-order valence-electron chi connectivity index (χ4n) is 1.91. The number of rotatable bonds is 3. The van der Waals surface area contributed by atoms with Crippen LogP contribution >= 0.6 is 11.6 Å². The van der Waals surface area contributed by atoms with Crippen LogP contribution in [0.4, 0.5) is 4.39 Å². The summed E-state index contributed by atoms with van der Waals surface area (Å²) in [6.45, 7) is 2.28. The highest BCUT2D eigenvalue weighted by atomic mass is 35.5. The quantitative estimate of drug-likeness (QED) is 0.908. The average Bonchev–Trinajstić information content (AvgIpc) is 2.43. The first-order valence-electron chi connectivity index (χ1n) is 6.10. The van der Waals surface area contributed by atoms with Crippen molar-refractivity contribution in [3.63, 3.8) is 0 Å². The van der Waals surface area contributed by atoms with Crippen LogP contribution in [0.15, 0.2) is 36.4 Å². The molecule has 5 heteroatoms. The third-order valence-corrected chi connectivity index (χ3v) is 3.14. The number of carbonyl (C=O) groups is 1. The summed E-state index contributed by atoms with van der Waals surface area (Å²) in [5, 5.41) is 12.1. The lowest BCUT2D eigenvalue weighted by Gasteiger charge is -2.11. The van der Waals surface area contributed by atoms with E-state index in [1.807, 2.05) is 0 Å². The zero-order valence-corrected chi connectivity index (χ0v) is 11.5. The summed E-state index contributed by atoms with van der Waals surface area (Å²) in [7, 11) is 0. The Balaban J connectivity index is 2.59. The van der Waals surface area contributed by atoms with Gasteiger partial charge in [-0.2, -0.15) is 0 Å². The SMILES string of the molecule is CCNC(=O)c1ccccc1-c1cc(Cl)c(O)cc1F. The number of aromatic hydroxyl groups is 1. The van der Waals surface area contributed by atoms with Crippen LogP contribution in [0.3, 0.4) is 0 Å². The van der Waals surface area contributed by atoms with E-state index >= 15 is 0 Å². The number of benzene rings is 2. The van der Waals surface area contributed by atoms with Crippen molar-refractivity contribution in [2.24, 2.45) is 0 Å². The first-order valence-corrected chi connectivity index (χ1v) is 6.48. The van der Waals surface area contributed by atoms with Gasteiger partial charge in [-0.1, -0.05) is 29.8 Å². The van der Waals surface area contributed by atoms with Crippen molar-refractivity contribution < 1.29 is 14.3 Å². The maximum atomic E-state index is 14.0. The van der Waals surface area contributed by atoms with Crippen LogP contribution < -0.4 is 5.32 Å². The minimum Gasteiger partial charge on any atom is -0.506 e. The van der Waals surface area contributed by atoms with Crippen molar-refractivity contribution in [3.05, 3.63) is 52.8 Å². The van der Waals surface area contributed by atoms with Gasteiger partial charge >= 0.3 is 0 Å². The maximum absolute atomic E-state index is 14.0. The smallest absolute Gasteiger partial charge is 0.251 e. The highest BCUT2D eigenvalue weighted by molar-refractivity contribution is 6.32. The van der Waals surface area contributed by atoms with E-state index in [0.717, 1.165) is 6.07 Å². The summed E-state index contributed by atoms with van der Waals surface area (Å²) in [5.74, 6) is -1.25. The van der Waals surface area contributed by atoms with Gasteiger partial charge in [0.15, 0.2) is 0 Å². The lowest BCUT2D eigenvalue weighted by Crippen LogP contribution is -2.23. The Hall–Kier alpha value is -2.07. The molecule has 0 saturated heterocycles. The van der Waals surface area contributed by atoms with Crippen LogP contribution in [0.25, 0.3) is 11.1 Å². The van der Waals surface area contributed by atoms with E-state index in [9.17, 15) is 14.3 Å². The first kappa shape index (κ1) is 14.3. The Kier molecular flexibility index (Phi) is 4.25. The summed E-state index contributed by atoms with van der Waals surface area (Å²) in [6, 6.07) is 8.90. The molecule has 0 aliphatic rings. The van der Waals surface area contributed by atoms with Gasteiger partial charge in [0.05, 0.1) is 5.02 Å². The number of halogens is 2. The fourth-order valence-corrected chi connectivity index (χ4v) is 2.08. The second-order valence-corrected chi connectivity index (χ2v) is 4.60. The molecule has 104 valence electrons. The topological polar surface area (TPSA) is 49.3 Å². The molecule has 0 bridgehead atoms. The molecular formula is C15H13ClFNO2. The van der Waals surface area contributed by atoms with E-state index in [4.69, 9.17) is 11.6 Å². The molecule has 0 aromatic heterocycles. The van der Waals surface area contributed by atoms with E-state index in [1.165, 1.54) is 6.07 Å². The number of hydrogen-bond acceptors (Lipinski definition) is 2. The van der Waals surface area contributed by atoms with Crippen molar-refractivity contribution >= 4 is 17.5 Å². The summed E-state index contributed by atoms with van der Waals surface area (Å²) in [4.78, 5) is 12.0. The second-order valence-electron chi connectivity index (χ2n) is 4.19. The largest absolute Gasteiger partial charge is 0.506 e. The van der Waals surface area contributed by atoms with Crippen molar-refractivity contribution in [2.75, 3.05) is 6.54 Å². The van der Waals surface area contributed by atoms with Gasteiger partial charge in [0.1, 0.15) is 11.6 Å². The third kappa shape index (κ3) is 2.75. The molecule has 20 heavy (non-hydrogen) atoms. The van der Waals surface area contributed by atoms with Crippen molar-refractivity contribution in [1.82, 2.24) is 5.32 Å². The molecule has 2 aromatic carbocycles. The Morgan fingerprint density at radius 3 is 2.70 bits per heavy atom. The van der Waals surface area contributed by atoms with Crippen LogP contribution in [0.1, 0.15) is 17.3 Å². The zero-order valence-electron chi connectivity index (χ0n) is 10.8. The molecule has 0 atom stereocenters.